The van der Waals surface area contributed by atoms with E-state index in [1.54, 1.807) is 0 Å². The summed E-state index contributed by atoms with van der Waals surface area (Å²) in [6.07, 6.45) is 4.73. The summed E-state index contributed by atoms with van der Waals surface area (Å²) in [6, 6.07) is 8.48. The van der Waals surface area contributed by atoms with Crippen molar-refractivity contribution in [3.8, 4) is 0 Å². The predicted octanol–water partition coefficient (Wildman–Crippen LogP) is 2.54. The van der Waals surface area contributed by atoms with Gasteiger partial charge in [-0.05, 0) is 48.3 Å². The maximum Gasteiger partial charge on any atom is 0.150 e. The van der Waals surface area contributed by atoms with Gasteiger partial charge < -0.3 is 4.98 Å². The molecular weight excluding hydrogens is 246 g/mol. The topological polar surface area (TPSA) is 49.9 Å². The lowest BCUT2D eigenvalue weighted by Crippen LogP contribution is -2.05. The summed E-state index contributed by atoms with van der Waals surface area (Å²) in [6.45, 7) is 0. The Hall–Kier alpha value is -1.29. The molecule has 1 aromatic carbocycles. The lowest BCUT2D eigenvalue weighted by molar-refractivity contribution is 0.542. The lowest BCUT2D eigenvalue weighted by atomic mass is 9.99. The highest BCUT2D eigenvalue weighted by molar-refractivity contribution is 7.91. The second-order valence-electron chi connectivity index (χ2n) is 5.21. The molecule has 1 fully saturated rings. The van der Waals surface area contributed by atoms with Gasteiger partial charge in [0.25, 0.3) is 0 Å². The summed E-state index contributed by atoms with van der Waals surface area (Å²) >= 11 is 0. The molecule has 0 bridgehead atoms. The van der Waals surface area contributed by atoms with Gasteiger partial charge in [-0.3, -0.25) is 0 Å². The Balaban J connectivity index is 1.66. The predicted molar refractivity (Wildman–Crippen MR) is 73.4 cm³/mol. The van der Waals surface area contributed by atoms with Crippen molar-refractivity contribution in [2.75, 3.05) is 11.5 Å². The van der Waals surface area contributed by atoms with Gasteiger partial charge in [-0.1, -0.05) is 12.1 Å². The molecule has 1 atom stereocenters. The Morgan fingerprint density at radius 1 is 1.28 bits per heavy atom. The molecule has 0 aliphatic carbocycles. The number of rotatable bonds is 3. The molecule has 1 aromatic heterocycles. The first kappa shape index (κ1) is 11.8. The summed E-state index contributed by atoms with van der Waals surface area (Å²) in [5, 5.41) is 1.22. The Bertz CT molecular complexity index is 657. The Kier molecular flexibility index (Phi) is 2.90. The highest BCUT2D eigenvalue weighted by Crippen LogP contribution is 2.24. The third kappa shape index (κ3) is 2.43. The van der Waals surface area contributed by atoms with Crippen molar-refractivity contribution >= 4 is 20.7 Å². The van der Waals surface area contributed by atoms with Gasteiger partial charge in [-0.2, -0.15) is 0 Å². The molecule has 2 heterocycles. The number of benzene rings is 1. The molecule has 1 aliphatic rings. The normalized spacial score (nSPS) is 22.6. The number of aromatic nitrogens is 1. The van der Waals surface area contributed by atoms with Crippen LogP contribution in [-0.4, -0.2) is 24.9 Å². The third-order valence-electron chi connectivity index (χ3n) is 3.79. The van der Waals surface area contributed by atoms with Crippen molar-refractivity contribution < 1.29 is 8.42 Å². The Morgan fingerprint density at radius 2 is 2.17 bits per heavy atom. The summed E-state index contributed by atoms with van der Waals surface area (Å²) in [4.78, 5) is 3.21. The van der Waals surface area contributed by atoms with Crippen molar-refractivity contribution in [3.05, 3.63) is 36.0 Å². The number of hydrogen-bond acceptors (Lipinski definition) is 2. The minimum atomic E-state index is -2.73. The standard InChI is InChI=1S/C14H17NO2S/c16-18(17)8-6-12(10-18)2-1-11-3-4-13-5-7-15-14(13)9-11/h3-5,7,9,12,15H,1-2,6,8,10H2. The average molecular weight is 263 g/mol. The number of aromatic amines is 1. The zero-order valence-electron chi connectivity index (χ0n) is 10.2. The molecule has 18 heavy (non-hydrogen) atoms. The molecule has 0 saturated carbocycles. The van der Waals surface area contributed by atoms with Gasteiger partial charge in [0.2, 0.25) is 0 Å². The smallest absolute Gasteiger partial charge is 0.150 e. The minimum Gasteiger partial charge on any atom is -0.361 e. The molecule has 3 rings (SSSR count). The van der Waals surface area contributed by atoms with E-state index in [0.29, 0.717) is 17.4 Å². The molecule has 1 unspecified atom stereocenters. The van der Waals surface area contributed by atoms with Crippen LogP contribution in [0.25, 0.3) is 10.9 Å². The van der Waals surface area contributed by atoms with Crippen LogP contribution in [-0.2, 0) is 16.3 Å². The Labute approximate surface area is 107 Å². The number of hydrogen-bond donors (Lipinski definition) is 1. The van der Waals surface area contributed by atoms with Crippen molar-refractivity contribution in [1.82, 2.24) is 4.98 Å². The number of sulfone groups is 1. The highest BCUT2D eigenvalue weighted by Gasteiger charge is 2.27. The number of aryl methyl sites for hydroxylation is 1. The van der Waals surface area contributed by atoms with E-state index in [0.717, 1.165) is 24.8 Å². The largest absolute Gasteiger partial charge is 0.361 e. The van der Waals surface area contributed by atoms with Gasteiger partial charge >= 0.3 is 0 Å². The molecule has 2 aromatic rings. The molecular formula is C14H17NO2S. The van der Waals surface area contributed by atoms with E-state index in [1.165, 1.54) is 10.9 Å². The Morgan fingerprint density at radius 3 is 2.94 bits per heavy atom. The highest BCUT2D eigenvalue weighted by atomic mass is 32.2. The minimum absolute atomic E-state index is 0.356. The molecule has 0 radical (unpaired) electrons. The summed E-state index contributed by atoms with van der Waals surface area (Å²) in [5.41, 5.74) is 2.45. The van der Waals surface area contributed by atoms with Crippen LogP contribution in [0.5, 0.6) is 0 Å². The summed E-state index contributed by atoms with van der Waals surface area (Å²) in [7, 11) is -2.73. The van der Waals surface area contributed by atoms with Crippen LogP contribution in [0.4, 0.5) is 0 Å². The SMILES string of the molecule is O=S1(=O)CCC(CCc2ccc3cc[nH]c3c2)C1. The molecule has 0 amide bonds. The third-order valence-corrected chi connectivity index (χ3v) is 5.62. The molecule has 4 heteroatoms. The molecule has 1 aliphatic heterocycles. The van der Waals surface area contributed by atoms with E-state index in [2.05, 4.69) is 29.2 Å². The maximum absolute atomic E-state index is 11.4. The second-order valence-corrected chi connectivity index (χ2v) is 7.44. The molecule has 0 spiro atoms. The zero-order chi connectivity index (χ0) is 12.6. The van der Waals surface area contributed by atoms with E-state index in [4.69, 9.17) is 0 Å². The summed E-state index contributed by atoms with van der Waals surface area (Å²) in [5.74, 6) is 1.12. The molecule has 1 saturated heterocycles. The van der Waals surface area contributed by atoms with Crippen LogP contribution in [0, 0.1) is 5.92 Å². The average Bonchev–Trinajstić information content (AvgIpc) is 2.92. The van der Waals surface area contributed by atoms with Gasteiger partial charge in [0.05, 0.1) is 11.5 Å². The van der Waals surface area contributed by atoms with E-state index < -0.39 is 9.84 Å². The van der Waals surface area contributed by atoms with E-state index >= 15 is 0 Å². The molecule has 3 nitrogen and oxygen atoms in total. The number of H-pyrrole nitrogens is 1. The van der Waals surface area contributed by atoms with Crippen LogP contribution in [0.3, 0.4) is 0 Å². The van der Waals surface area contributed by atoms with Crippen LogP contribution < -0.4 is 0 Å². The van der Waals surface area contributed by atoms with E-state index in [9.17, 15) is 8.42 Å². The maximum atomic E-state index is 11.4. The fourth-order valence-corrected chi connectivity index (χ4v) is 4.63. The van der Waals surface area contributed by atoms with Gasteiger partial charge in [0.15, 0.2) is 9.84 Å². The molecule has 96 valence electrons. The monoisotopic (exact) mass is 263 g/mol. The van der Waals surface area contributed by atoms with E-state index in [1.807, 2.05) is 6.20 Å². The number of fused-ring (bicyclic) bond motifs is 1. The van der Waals surface area contributed by atoms with Crippen molar-refractivity contribution in [3.63, 3.8) is 0 Å². The van der Waals surface area contributed by atoms with Crippen LogP contribution in [0.2, 0.25) is 0 Å². The van der Waals surface area contributed by atoms with Gasteiger partial charge in [-0.15, -0.1) is 0 Å². The first-order valence-corrected chi connectivity index (χ1v) is 8.21. The van der Waals surface area contributed by atoms with Crippen molar-refractivity contribution in [2.45, 2.75) is 19.3 Å². The molecule has 1 N–H and O–H groups in total. The first-order valence-electron chi connectivity index (χ1n) is 6.39. The first-order chi connectivity index (χ1) is 8.62. The van der Waals surface area contributed by atoms with Gasteiger partial charge in [0.1, 0.15) is 0 Å². The van der Waals surface area contributed by atoms with Crippen LogP contribution in [0.15, 0.2) is 30.5 Å². The van der Waals surface area contributed by atoms with Crippen LogP contribution >= 0.6 is 0 Å². The van der Waals surface area contributed by atoms with Crippen molar-refractivity contribution in [2.24, 2.45) is 5.92 Å². The van der Waals surface area contributed by atoms with Gasteiger partial charge in [-0.25, -0.2) is 8.42 Å². The quantitative estimate of drug-likeness (QED) is 0.925. The lowest BCUT2D eigenvalue weighted by Gasteiger charge is -2.07. The van der Waals surface area contributed by atoms with Crippen molar-refractivity contribution in [1.29, 1.82) is 0 Å². The fourth-order valence-electron chi connectivity index (χ4n) is 2.72. The summed E-state index contributed by atoms with van der Waals surface area (Å²) < 4.78 is 22.8. The van der Waals surface area contributed by atoms with E-state index in [-0.39, 0.29) is 0 Å². The second kappa shape index (κ2) is 4.43. The van der Waals surface area contributed by atoms with Gasteiger partial charge in [0, 0.05) is 11.7 Å². The zero-order valence-corrected chi connectivity index (χ0v) is 11.0. The number of nitrogens with one attached hydrogen (secondary N) is 1. The van der Waals surface area contributed by atoms with Crippen LogP contribution in [0.1, 0.15) is 18.4 Å². The fraction of sp³-hybridized carbons (Fsp3) is 0.429.